The molecule has 0 aliphatic carbocycles. The van der Waals surface area contributed by atoms with E-state index in [1.54, 1.807) is 7.05 Å². The van der Waals surface area contributed by atoms with Crippen molar-refractivity contribution in [2.75, 3.05) is 18.1 Å². The Kier molecular flexibility index (Phi) is 1.06. The third-order valence-corrected chi connectivity index (χ3v) is 1.53. The van der Waals surface area contributed by atoms with E-state index in [4.69, 9.17) is 5.73 Å². The lowest BCUT2D eigenvalue weighted by Gasteiger charge is -1.88. The minimum Gasteiger partial charge on any atom is -0.385 e. The van der Waals surface area contributed by atoms with Crippen LogP contribution in [0.3, 0.4) is 0 Å². The number of hydrogen-bond donors (Lipinski definition) is 4. The van der Waals surface area contributed by atoms with Crippen LogP contribution in [0.15, 0.2) is 6.07 Å². The summed E-state index contributed by atoms with van der Waals surface area (Å²) in [5.74, 6) is 1.37. The summed E-state index contributed by atoms with van der Waals surface area (Å²) in [7, 11) is 1.81. The zero-order chi connectivity index (χ0) is 7.84. The van der Waals surface area contributed by atoms with Gasteiger partial charge in [0.25, 0.3) is 0 Å². The Morgan fingerprint density at radius 2 is 2.36 bits per heavy atom. The second kappa shape index (κ2) is 1.91. The van der Waals surface area contributed by atoms with Gasteiger partial charge in [0.15, 0.2) is 5.65 Å². The van der Waals surface area contributed by atoms with Crippen molar-refractivity contribution in [2.45, 2.75) is 0 Å². The van der Waals surface area contributed by atoms with Crippen LogP contribution in [-0.4, -0.2) is 22.0 Å². The molecular formula is C6H9N5. The highest BCUT2D eigenvalue weighted by atomic mass is 15.1. The zero-order valence-corrected chi connectivity index (χ0v) is 6.10. The lowest BCUT2D eigenvalue weighted by atomic mass is 10.5. The van der Waals surface area contributed by atoms with Gasteiger partial charge >= 0.3 is 0 Å². The molecule has 5 nitrogen and oxygen atoms in total. The molecule has 2 aromatic heterocycles. The van der Waals surface area contributed by atoms with Crippen LogP contribution < -0.4 is 11.1 Å². The normalized spacial score (nSPS) is 10.6. The number of nitrogens with one attached hydrogen (secondary N) is 3. The van der Waals surface area contributed by atoms with Crippen molar-refractivity contribution in [1.82, 2.24) is 15.0 Å². The van der Waals surface area contributed by atoms with Crippen molar-refractivity contribution in [1.29, 1.82) is 0 Å². The molecule has 2 aromatic rings. The summed E-state index contributed by atoms with van der Waals surface area (Å²) in [6.45, 7) is 0. The summed E-state index contributed by atoms with van der Waals surface area (Å²) in [4.78, 5) is 10.1. The van der Waals surface area contributed by atoms with Crippen molar-refractivity contribution in [3.8, 4) is 0 Å². The van der Waals surface area contributed by atoms with E-state index in [0.29, 0.717) is 5.82 Å². The first-order chi connectivity index (χ1) is 5.29. The van der Waals surface area contributed by atoms with Crippen LogP contribution in [0.2, 0.25) is 0 Å². The lowest BCUT2D eigenvalue weighted by molar-refractivity contribution is 1.26. The van der Waals surface area contributed by atoms with Crippen LogP contribution >= 0.6 is 0 Å². The van der Waals surface area contributed by atoms with E-state index >= 15 is 0 Å². The van der Waals surface area contributed by atoms with E-state index in [1.165, 1.54) is 0 Å². The number of rotatable bonds is 1. The second-order valence-electron chi connectivity index (χ2n) is 2.32. The number of hydrogen-bond acceptors (Lipinski definition) is 3. The summed E-state index contributed by atoms with van der Waals surface area (Å²) >= 11 is 0. The maximum Gasteiger partial charge on any atom is 0.202 e. The topological polar surface area (TPSA) is 82.5 Å². The van der Waals surface area contributed by atoms with Crippen LogP contribution in [0.25, 0.3) is 11.2 Å². The Balaban J connectivity index is 2.64. The van der Waals surface area contributed by atoms with Crippen LogP contribution in [0.1, 0.15) is 0 Å². The first-order valence-electron chi connectivity index (χ1n) is 3.31. The summed E-state index contributed by atoms with van der Waals surface area (Å²) < 4.78 is 0. The number of nitrogens with two attached hydrogens (primary N) is 1. The SMILES string of the molecule is CNc1nc2[nH]c(N)cc2[nH]1. The van der Waals surface area contributed by atoms with Crippen LogP contribution in [0, 0.1) is 0 Å². The first-order valence-corrected chi connectivity index (χ1v) is 3.31. The van der Waals surface area contributed by atoms with Gasteiger partial charge in [0.1, 0.15) is 5.82 Å². The van der Waals surface area contributed by atoms with Gasteiger partial charge in [-0.3, -0.25) is 0 Å². The third-order valence-electron chi connectivity index (χ3n) is 1.53. The highest BCUT2D eigenvalue weighted by Gasteiger charge is 2.02. The molecule has 0 saturated heterocycles. The van der Waals surface area contributed by atoms with Crippen molar-refractivity contribution in [3.05, 3.63) is 6.07 Å². The van der Waals surface area contributed by atoms with Gasteiger partial charge in [-0.25, -0.2) is 0 Å². The van der Waals surface area contributed by atoms with Crippen molar-refractivity contribution in [3.63, 3.8) is 0 Å². The molecule has 5 heteroatoms. The summed E-state index contributed by atoms with van der Waals surface area (Å²) in [5, 5.41) is 2.89. The van der Waals surface area contributed by atoms with E-state index in [9.17, 15) is 0 Å². The van der Waals surface area contributed by atoms with Crippen molar-refractivity contribution in [2.24, 2.45) is 0 Å². The molecule has 0 aromatic carbocycles. The molecule has 2 rings (SSSR count). The highest BCUT2D eigenvalue weighted by molar-refractivity contribution is 5.78. The molecule has 2 heterocycles. The minimum atomic E-state index is 0.626. The highest BCUT2D eigenvalue weighted by Crippen LogP contribution is 2.15. The van der Waals surface area contributed by atoms with E-state index in [0.717, 1.165) is 17.1 Å². The fraction of sp³-hybridized carbons (Fsp3) is 0.167. The number of aromatic nitrogens is 3. The van der Waals surface area contributed by atoms with E-state index < -0.39 is 0 Å². The van der Waals surface area contributed by atoms with Gasteiger partial charge in [-0.2, -0.15) is 4.98 Å². The first kappa shape index (κ1) is 6.09. The Morgan fingerprint density at radius 3 is 3.00 bits per heavy atom. The van der Waals surface area contributed by atoms with Crippen LogP contribution in [0.5, 0.6) is 0 Å². The second-order valence-corrected chi connectivity index (χ2v) is 2.32. The molecule has 0 unspecified atom stereocenters. The molecule has 0 aliphatic rings. The maximum absolute atomic E-state index is 5.49. The Labute approximate surface area is 63.0 Å². The summed E-state index contributed by atoms with van der Waals surface area (Å²) in [5.41, 5.74) is 7.20. The van der Waals surface area contributed by atoms with Gasteiger partial charge in [0, 0.05) is 13.1 Å². The molecule has 0 aliphatic heterocycles. The molecule has 0 amide bonds. The fourth-order valence-corrected chi connectivity index (χ4v) is 1.03. The molecule has 0 fully saturated rings. The Hall–Kier alpha value is -1.65. The number of fused-ring (bicyclic) bond motifs is 1. The lowest BCUT2D eigenvalue weighted by Crippen LogP contribution is -1.89. The smallest absolute Gasteiger partial charge is 0.202 e. The summed E-state index contributed by atoms with van der Waals surface area (Å²) in [6, 6.07) is 1.81. The van der Waals surface area contributed by atoms with Gasteiger partial charge in [-0.15, -0.1) is 0 Å². The molecule has 0 atom stereocenters. The number of nitrogens with zero attached hydrogens (tertiary/aromatic N) is 1. The van der Waals surface area contributed by atoms with Gasteiger partial charge in [-0.1, -0.05) is 0 Å². The largest absolute Gasteiger partial charge is 0.385 e. The van der Waals surface area contributed by atoms with Gasteiger partial charge in [0.2, 0.25) is 5.95 Å². The quantitative estimate of drug-likeness (QED) is 0.479. The molecule has 0 radical (unpaired) electrons. The minimum absolute atomic E-state index is 0.626. The average Bonchev–Trinajstić information content (AvgIpc) is 2.43. The molecule has 11 heavy (non-hydrogen) atoms. The predicted molar refractivity (Wildman–Crippen MR) is 44.4 cm³/mol. The van der Waals surface area contributed by atoms with E-state index in [1.807, 2.05) is 6.07 Å². The van der Waals surface area contributed by atoms with Crippen molar-refractivity contribution >= 4 is 22.9 Å². The zero-order valence-electron chi connectivity index (χ0n) is 6.10. The van der Waals surface area contributed by atoms with E-state index in [-0.39, 0.29) is 0 Å². The van der Waals surface area contributed by atoms with E-state index in [2.05, 4.69) is 20.3 Å². The molecule has 58 valence electrons. The van der Waals surface area contributed by atoms with Crippen LogP contribution in [-0.2, 0) is 0 Å². The van der Waals surface area contributed by atoms with Gasteiger partial charge in [0.05, 0.1) is 5.52 Å². The average molecular weight is 151 g/mol. The number of anilines is 2. The molecular weight excluding hydrogens is 142 g/mol. The molecule has 0 bridgehead atoms. The third kappa shape index (κ3) is 0.813. The van der Waals surface area contributed by atoms with Gasteiger partial charge in [-0.05, 0) is 0 Å². The van der Waals surface area contributed by atoms with Crippen molar-refractivity contribution < 1.29 is 0 Å². The standard InChI is InChI=1S/C6H9N5/c1-8-6-9-3-2-4(7)10-5(3)11-6/h2,10H,7H2,1H3,(H2,8,9,11). The molecule has 0 spiro atoms. The Morgan fingerprint density at radius 1 is 1.55 bits per heavy atom. The Bertz CT molecular complexity index is 340. The molecule has 5 N–H and O–H groups in total. The van der Waals surface area contributed by atoms with Gasteiger partial charge < -0.3 is 21.0 Å². The maximum atomic E-state index is 5.49. The number of H-pyrrole nitrogens is 2. The van der Waals surface area contributed by atoms with Crippen LogP contribution in [0.4, 0.5) is 11.8 Å². The molecule has 0 saturated carbocycles. The predicted octanol–water partition coefficient (Wildman–Crippen LogP) is 0.515. The monoisotopic (exact) mass is 151 g/mol. The number of aromatic amines is 2. The summed E-state index contributed by atoms with van der Waals surface area (Å²) in [6.07, 6.45) is 0. The fourth-order valence-electron chi connectivity index (χ4n) is 1.03. The number of nitrogen functional groups attached to an aromatic ring is 1. The number of imidazole rings is 1.